The van der Waals surface area contributed by atoms with Gasteiger partial charge >= 0.3 is 0 Å². The second-order valence-electron chi connectivity index (χ2n) is 2.60. The third-order valence-corrected chi connectivity index (χ3v) is 2.79. The van der Waals surface area contributed by atoms with Crippen LogP contribution in [0.3, 0.4) is 0 Å². The predicted molar refractivity (Wildman–Crippen MR) is 55.5 cm³/mol. The molecule has 70 valence electrons. The summed E-state index contributed by atoms with van der Waals surface area (Å²) in [6.07, 6.45) is 0. The van der Waals surface area contributed by atoms with E-state index in [1.54, 1.807) is 0 Å². The number of nitro benzene ring substituents is 1. The van der Waals surface area contributed by atoms with Gasteiger partial charge in [-0.05, 0) is 18.1 Å². The van der Waals surface area contributed by atoms with Crippen molar-refractivity contribution in [3.63, 3.8) is 0 Å². The molecule has 0 aliphatic rings. The number of rotatable bonds is 2. The fourth-order valence-electron chi connectivity index (χ4n) is 0.964. The van der Waals surface area contributed by atoms with Crippen LogP contribution in [0.25, 0.3) is 0 Å². The SMILES string of the molecule is Cc1c(Cl)cc([N+](=O)[O-])cc1CBr. The first-order chi connectivity index (χ1) is 6.06. The van der Waals surface area contributed by atoms with Crippen LogP contribution >= 0.6 is 27.5 Å². The maximum atomic E-state index is 10.5. The van der Waals surface area contributed by atoms with Crippen LogP contribution in [0.2, 0.25) is 5.02 Å². The number of non-ortho nitro benzene ring substituents is 1. The lowest BCUT2D eigenvalue weighted by Crippen LogP contribution is -1.92. The number of benzene rings is 1. The Bertz CT molecular complexity index is 354. The summed E-state index contributed by atoms with van der Waals surface area (Å²) in [7, 11) is 0. The Morgan fingerprint density at radius 1 is 1.62 bits per heavy atom. The summed E-state index contributed by atoms with van der Waals surface area (Å²) >= 11 is 9.06. The van der Waals surface area contributed by atoms with Crippen LogP contribution in [0.15, 0.2) is 12.1 Å². The van der Waals surface area contributed by atoms with E-state index in [9.17, 15) is 10.1 Å². The minimum Gasteiger partial charge on any atom is -0.258 e. The van der Waals surface area contributed by atoms with Crippen LogP contribution < -0.4 is 0 Å². The van der Waals surface area contributed by atoms with E-state index >= 15 is 0 Å². The first kappa shape index (κ1) is 10.5. The van der Waals surface area contributed by atoms with E-state index in [0.29, 0.717) is 10.4 Å². The maximum absolute atomic E-state index is 10.5. The van der Waals surface area contributed by atoms with Crippen molar-refractivity contribution in [2.75, 3.05) is 0 Å². The van der Waals surface area contributed by atoms with Gasteiger partial charge in [0.1, 0.15) is 0 Å². The average molecular weight is 265 g/mol. The molecule has 1 aromatic rings. The van der Waals surface area contributed by atoms with Gasteiger partial charge in [-0.1, -0.05) is 27.5 Å². The quantitative estimate of drug-likeness (QED) is 0.466. The van der Waals surface area contributed by atoms with E-state index in [4.69, 9.17) is 11.6 Å². The van der Waals surface area contributed by atoms with Gasteiger partial charge in [0.2, 0.25) is 0 Å². The number of nitro groups is 1. The molecule has 0 aliphatic heterocycles. The monoisotopic (exact) mass is 263 g/mol. The highest BCUT2D eigenvalue weighted by atomic mass is 79.9. The molecule has 1 rings (SSSR count). The fraction of sp³-hybridized carbons (Fsp3) is 0.250. The first-order valence-electron chi connectivity index (χ1n) is 3.55. The zero-order chi connectivity index (χ0) is 10.0. The maximum Gasteiger partial charge on any atom is 0.271 e. The lowest BCUT2D eigenvalue weighted by atomic mass is 10.1. The van der Waals surface area contributed by atoms with E-state index < -0.39 is 4.92 Å². The first-order valence-corrected chi connectivity index (χ1v) is 5.05. The molecule has 0 fully saturated rings. The van der Waals surface area contributed by atoms with Crippen molar-refractivity contribution < 1.29 is 4.92 Å². The summed E-state index contributed by atoms with van der Waals surface area (Å²) in [5.74, 6) is 0. The molecular weight excluding hydrogens is 257 g/mol. The Balaban J connectivity index is 3.30. The van der Waals surface area contributed by atoms with Gasteiger partial charge in [0.25, 0.3) is 5.69 Å². The number of hydrogen-bond donors (Lipinski definition) is 0. The lowest BCUT2D eigenvalue weighted by Gasteiger charge is -2.03. The van der Waals surface area contributed by atoms with Crippen molar-refractivity contribution in [1.29, 1.82) is 0 Å². The standard InChI is InChI=1S/C8H7BrClNO2/c1-5-6(4-9)2-7(11(12)13)3-8(5)10/h2-3H,4H2,1H3. The van der Waals surface area contributed by atoms with Crippen molar-refractivity contribution in [2.24, 2.45) is 0 Å². The van der Waals surface area contributed by atoms with E-state index in [0.717, 1.165) is 11.1 Å². The molecular formula is C8H7BrClNO2. The highest BCUT2D eigenvalue weighted by Crippen LogP contribution is 2.27. The third-order valence-electron chi connectivity index (χ3n) is 1.79. The van der Waals surface area contributed by atoms with Gasteiger partial charge in [0.05, 0.1) is 9.95 Å². The summed E-state index contributed by atoms with van der Waals surface area (Å²) in [4.78, 5) is 10.0. The van der Waals surface area contributed by atoms with Crippen LogP contribution in [-0.4, -0.2) is 4.92 Å². The van der Waals surface area contributed by atoms with Crippen molar-refractivity contribution in [2.45, 2.75) is 12.3 Å². The Morgan fingerprint density at radius 3 is 2.69 bits per heavy atom. The van der Waals surface area contributed by atoms with Crippen molar-refractivity contribution in [1.82, 2.24) is 0 Å². The molecule has 5 heteroatoms. The molecule has 13 heavy (non-hydrogen) atoms. The Labute approximate surface area is 89.0 Å². The van der Waals surface area contributed by atoms with E-state index in [-0.39, 0.29) is 5.69 Å². The Kier molecular flexibility index (Phi) is 3.27. The minimum absolute atomic E-state index is 0.0325. The largest absolute Gasteiger partial charge is 0.271 e. The summed E-state index contributed by atoms with van der Waals surface area (Å²) in [6, 6.07) is 2.89. The third kappa shape index (κ3) is 2.19. The minimum atomic E-state index is -0.447. The average Bonchev–Trinajstić information content (AvgIpc) is 2.09. The molecule has 1 aromatic carbocycles. The molecule has 0 radical (unpaired) electrons. The van der Waals surface area contributed by atoms with Crippen molar-refractivity contribution in [3.05, 3.63) is 38.4 Å². The zero-order valence-corrected chi connectivity index (χ0v) is 9.22. The van der Waals surface area contributed by atoms with Crippen LogP contribution in [0, 0.1) is 17.0 Å². The Hall–Kier alpha value is -0.610. The van der Waals surface area contributed by atoms with Crippen LogP contribution in [0.4, 0.5) is 5.69 Å². The topological polar surface area (TPSA) is 43.1 Å². The summed E-state index contributed by atoms with van der Waals surface area (Å²) < 4.78 is 0. The summed E-state index contributed by atoms with van der Waals surface area (Å²) in [5.41, 5.74) is 1.76. The lowest BCUT2D eigenvalue weighted by molar-refractivity contribution is -0.384. The van der Waals surface area contributed by atoms with Crippen molar-refractivity contribution in [3.8, 4) is 0 Å². The summed E-state index contributed by atoms with van der Waals surface area (Å²) in [6.45, 7) is 1.84. The molecule has 0 amide bonds. The zero-order valence-electron chi connectivity index (χ0n) is 6.88. The smallest absolute Gasteiger partial charge is 0.258 e. The highest BCUT2D eigenvalue weighted by Gasteiger charge is 2.11. The summed E-state index contributed by atoms with van der Waals surface area (Å²) in [5, 5.41) is 11.5. The predicted octanol–water partition coefficient (Wildman–Crippen LogP) is 3.45. The molecule has 0 unspecified atom stereocenters. The molecule has 0 N–H and O–H groups in total. The number of hydrogen-bond acceptors (Lipinski definition) is 2. The molecule has 3 nitrogen and oxygen atoms in total. The number of alkyl halides is 1. The van der Waals surface area contributed by atoms with Crippen LogP contribution in [-0.2, 0) is 5.33 Å². The normalized spacial score (nSPS) is 10.1. The van der Waals surface area contributed by atoms with E-state index in [1.807, 2.05) is 6.92 Å². The molecule has 0 aliphatic carbocycles. The highest BCUT2D eigenvalue weighted by molar-refractivity contribution is 9.08. The van der Waals surface area contributed by atoms with Gasteiger partial charge in [0.15, 0.2) is 0 Å². The van der Waals surface area contributed by atoms with Gasteiger partial charge in [-0.15, -0.1) is 0 Å². The van der Waals surface area contributed by atoms with Crippen LogP contribution in [0.1, 0.15) is 11.1 Å². The molecule has 0 atom stereocenters. The molecule has 0 bridgehead atoms. The molecule has 0 heterocycles. The molecule has 0 saturated heterocycles. The van der Waals surface area contributed by atoms with Gasteiger partial charge < -0.3 is 0 Å². The van der Waals surface area contributed by atoms with Gasteiger partial charge in [-0.2, -0.15) is 0 Å². The molecule has 0 aromatic heterocycles. The van der Waals surface area contributed by atoms with Crippen LogP contribution in [0.5, 0.6) is 0 Å². The molecule has 0 saturated carbocycles. The van der Waals surface area contributed by atoms with E-state index in [1.165, 1.54) is 12.1 Å². The number of nitrogens with zero attached hydrogens (tertiary/aromatic N) is 1. The second-order valence-corrected chi connectivity index (χ2v) is 3.57. The van der Waals surface area contributed by atoms with Gasteiger partial charge in [-0.25, -0.2) is 0 Å². The van der Waals surface area contributed by atoms with E-state index in [2.05, 4.69) is 15.9 Å². The number of halogens is 2. The van der Waals surface area contributed by atoms with Gasteiger partial charge in [0, 0.05) is 17.5 Å². The van der Waals surface area contributed by atoms with Gasteiger partial charge in [-0.3, -0.25) is 10.1 Å². The second kappa shape index (κ2) is 4.07. The van der Waals surface area contributed by atoms with Crippen molar-refractivity contribution >= 4 is 33.2 Å². The fourth-order valence-corrected chi connectivity index (χ4v) is 1.78. The molecule has 0 spiro atoms. The Morgan fingerprint density at radius 2 is 2.23 bits per heavy atom.